The molecule has 152 valence electrons. The molecule has 0 radical (unpaired) electrons. The molecule has 1 N–H and O–H groups in total. The third-order valence-corrected chi connectivity index (χ3v) is 4.57. The molecule has 0 amide bonds. The van der Waals surface area contributed by atoms with Crippen molar-refractivity contribution in [2.75, 3.05) is 6.61 Å². The number of fused-ring (bicyclic) bond motifs is 1. The van der Waals surface area contributed by atoms with Crippen molar-refractivity contribution in [2.45, 2.75) is 26.7 Å². The highest BCUT2D eigenvalue weighted by Gasteiger charge is 2.25. The summed E-state index contributed by atoms with van der Waals surface area (Å²) in [5, 5.41) is 9.66. The Hall–Kier alpha value is -3.29. The van der Waals surface area contributed by atoms with Crippen LogP contribution in [0, 0.1) is 24.4 Å². The summed E-state index contributed by atoms with van der Waals surface area (Å²) in [4.78, 5) is 25.1. The average Bonchev–Trinajstić information content (AvgIpc) is 2.96. The van der Waals surface area contributed by atoms with Gasteiger partial charge in [0.2, 0.25) is 0 Å². The van der Waals surface area contributed by atoms with Crippen molar-refractivity contribution in [3.63, 3.8) is 0 Å². The monoisotopic (exact) mass is 405 g/mol. The van der Waals surface area contributed by atoms with Crippen LogP contribution in [-0.2, 0) is 16.0 Å². The molecule has 0 fully saturated rings. The topological polar surface area (TPSA) is 68.5 Å². The van der Waals surface area contributed by atoms with E-state index in [-0.39, 0.29) is 40.8 Å². The molecule has 0 aliphatic rings. The number of hydrogen-bond donors (Lipinski definition) is 1. The third-order valence-electron chi connectivity index (χ3n) is 4.57. The maximum absolute atomic E-state index is 14.7. The van der Waals surface area contributed by atoms with E-state index >= 15 is 0 Å². The van der Waals surface area contributed by atoms with E-state index in [1.54, 1.807) is 0 Å². The van der Waals surface area contributed by atoms with Gasteiger partial charge in [-0.25, -0.2) is 13.2 Å². The first-order valence-corrected chi connectivity index (χ1v) is 8.93. The molecule has 2 aromatic carbocycles. The maximum atomic E-state index is 14.7. The highest BCUT2D eigenvalue weighted by molar-refractivity contribution is 6.05. The average molecular weight is 405 g/mol. The van der Waals surface area contributed by atoms with Crippen LogP contribution in [-0.4, -0.2) is 28.2 Å². The lowest BCUT2D eigenvalue weighted by molar-refractivity contribution is -0.142. The fourth-order valence-electron chi connectivity index (χ4n) is 3.17. The van der Waals surface area contributed by atoms with E-state index < -0.39 is 35.1 Å². The second-order valence-electron chi connectivity index (χ2n) is 6.52. The molecule has 0 aliphatic carbocycles. The Bertz CT molecular complexity index is 1120. The fourth-order valence-corrected chi connectivity index (χ4v) is 3.17. The Labute approximate surface area is 164 Å². The molecule has 0 saturated heterocycles. The molecule has 0 spiro atoms. The zero-order valence-corrected chi connectivity index (χ0v) is 15.8. The SMILES string of the molecule is CCCOC(=O)Cc1c(C)n(C(=O)c2ccc(F)c(F)c2)c2ccc(O)c(F)c12. The lowest BCUT2D eigenvalue weighted by Crippen LogP contribution is -2.15. The minimum atomic E-state index is -1.20. The van der Waals surface area contributed by atoms with Crippen LogP contribution in [0.4, 0.5) is 13.2 Å². The van der Waals surface area contributed by atoms with Gasteiger partial charge in [0.15, 0.2) is 23.2 Å². The Kier molecular flexibility index (Phi) is 5.63. The van der Waals surface area contributed by atoms with E-state index in [0.717, 1.165) is 28.8 Å². The number of benzene rings is 2. The zero-order valence-electron chi connectivity index (χ0n) is 15.8. The molecule has 0 aliphatic heterocycles. The standard InChI is InChI=1S/C21H18F3NO4/c1-3-8-29-18(27)10-13-11(2)25(16-6-7-17(26)20(24)19(13)16)21(28)12-4-5-14(22)15(23)9-12/h4-7,9,26H,3,8,10H2,1-2H3. The Balaban J connectivity index is 2.18. The number of ether oxygens (including phenoxy) is 1. The number of hydrogen-bond acceptors (Lipinski definition) is 4. The van der Waals surface area contributed by atoms with Crippen molar-refractivity contribution in [3.05, 3.63) is 64.6 Å². The number of phenolic OH excluding ortho intramolecular Hbond substituents is 1. The van der Waals surface area contributed by atoms with E-state index in [1.807, 2.05) is 6.92 Å². The summed E-state index contributed by atoms with van der Waals surface area (Å²) in [6.45, 7) is 3.51. The summed E-state index contributed by atoms with van der Waals surface area (Å²) in [7, 11) is 0. The number of rotatable bonds is 5. The molecule has 0 unspecified atom stereocenters. The molecule has 3 aromatic rings. The maximum Gasteiger partial charge on any atom is 0.310 e. The smallest absolute Gasteiger partial charge is 0.310 e. The van der Waals surface area contributed by atoms with Gasteiger partial charge in [0.05, 0.1) is 18.5 Å². The number of nitrogens with zero attached hydrogens (tertiary/aromatic N) is 1. The second-order valence-corrected chi connectivity index (χ2v) is 6.52. The van der Waals surface area contributed by atoms with Crippen molar-refractivity contribution < 1.29 is 32.6 Å². The normalized spacial score (nSPS) is 11.1. The highest BCUT2D eigenvalue weighted by Crippen LogP contribution is 2.33. The summed E-state index contributed by atoms with van der Waals surface area (Å²) in [5.41, 5.74) is 0.335. The second kappa shape index (κ2) is 7.98. The summed E-state index contributed by atoms with van der Waals surface area (Å²) in [6, 6.07) is 5.07. The largest absolute Gasteiger partial charge is 0.505 e. The van der Waals surface area contributed by atoms with Gasteiger partial charge in [-0.3, -0.25) is 14.2 Å². The van der Waals surface area contributed by atoms with E-state index in [1.165, 1.54) is 13.0 Å². The van der Waals surface area contributed by atoms with Gasteiger partial charge >= 0.3 is 5.97 Å². The lowest BCUT2D eigenvalue weighted by atomic mass is 10.1. The number of esters is 1. The first-order chi connectivity index (χ1) is 13.8. The first-order valence-electron chi connectivity index (χ1n) is 8.93. The van der Waals surface area contributed by atoms with Gasteiger partial charge < -0.3 is 9.84 Å². The number of phenols is 1. The Morgan fingerprint density at radius 2 is 1.83 bits per heavy atom. The molecule has 29 heavy (non-hydrogen) atoms. The molecular weight excluding hydrogens is 387 g/mol. The van der Waals surface area contributed by atoms with Crippen LogP contribution < -0.4 is 0 Å². The molecule has 1 aromatic heterocycles. The van der Waals surface area contributed by atoms with Crippen molar-refractivity contribution in [2.24, 2.45) is 0 Å². The van der Waals surface area contributed by atoms with Gasteiger partial charge in [0, 0.05) is 16.6 Å². The van der Waals surface area contributed by atoms with Crippen LogP contribution in [0.25, 0.3) is 10.9 Å². The van der Waals surface area contributed by atoms with Crippen LogP contribution in [0.15, 0.2) is 30.3 Å². The van der Waals surface area contributed by atoms with Crippen LogP contribution in [0.5, 0.6) is 5.75 Å². The van der Waals surface area contributed by atoms with E-state index in [4.69, 9.17) is 4.74 Å². The minimum Gasteiger partial charge on any atom is -0.505 e. The molecule has 0 saturated carbocycles. The van der Waals surface area contributed by atoms with E-state index in [0.29, 0.717) is 6.42 Å². The quantitative estimate of drug-likeness (QED) is 0.644. The molecule has 8 heteroatoms. The van der Waals surface area contributed by atoms with E-state index in [2.05, 4.69) is 0 Å². The Morgan fingerprint density at radius 3 is 2.48 bits per heavy atom. The molecule has 1 heterocycles. The van der Waals surface area contributed by atoms with Gasteiger partial charge in [0.25, 0.3) is 5.91 Å². The number of halogens is 3. The number of carbonyl (C=O) groups excluding carboxylic acids is 2. The summed E-state index contributed by atoms with van der Waals surface area (Å²) >= 11 is 0. The number of carbonyl (C=O) groups is 2. The summed E-state index contributed by atoms with van der Waals surface area (Å²) < 4.78 is 47.7. The lowest BCUT2D eigenvalue weighted by Gasteiger charge is -2.08. The van der Waals surface area contributed by atoms with Gasteiger partial charge in [-0.2, -0.15) is 0 Å². The summed E-state index contributed by atoms with van der Waals surface area (Å²) in [5.74, 6) is -5.27. The van der Waals surface area contributed by atoms with Gasteiger partial charge in [-0.1, -0.05) is 6.92 Å². The predicted octanol–water partition coefficient (Wildman–Crippen LogP) is 4.26. The minimum absolute atomic E-state index is 0.0887. The highest BCUT2D eigenvalue weighted by atomic mass is 19.2. The summed E-state index contributed by atoms with van der Waals surface area (Å²) in [6.07, 6.45) is 0.289. The van der Waals surface area contributed by atoms with Crippen LogP contribution in [0.2, 0.25) is 0 Å². The third kappa shape index (κ3) is 3.70. The van der Waals surface area contributed by atoms with E-state index in [9.17, 15) is 27.9 Å². The number of aromatic hydroxyl groups is 1. The van der Waals surface area contributed by atoms with Crippen LogP contribution in [0.3, 0.4) is 0 Å². The fraction of sp³-hybridized carbons (Fsp3) is 0.238. The van der Waals surface area contributed by atoms with Gasteiger partial charge in [-0.15, -0.1) is 0 Å². The van der Waals surface area contributed by atoms with Gasteiger partial charge in [-0.05, 0) is 49.2 Å². The predicted molar refractivity (Wildman–Crippen MR) is 99.3 cm³/mol. The molecule has 0 bridgehead atoms. The van der Waals surface area contributed by atoms with Crippen molar-refractivity contribution >= 4 is 22.8 Å². The van der Waals surface area contributed by atoms with Crippen LogP contribution >= 0.6 is 0 Å². The molecular formula is C21H18F3NO4. The van der Waals surface area contributed by atoms with Crippen molar-refractivity contribution in [1.82, 2.24) is 4.57 Å². The number of aromatic nitrogens is 1. The first kappa shape index (κ1) is 20.4. The zero-order chi connectivity index (χ0) is 21.3. The molecule has 5 nitrogen and oxygen atoms in total. The van der Waals surface area contributed by atoms with Gasteiger partial charge in [0.1, 0.15) is 0 Å². The molecule has 0 atom stereocenters. The van der Waals surface area contributed by atoms with Crippen molar-refractivity contribution in [3.8, 4) is 5.75 Å². The Morgan fingerprint density at radius 1 is 1.10 bits per heavy atom. The van der Waals surface area contributed by atoms with Crippen molar-refractivity contribution in [1.29, 1.82) is 0 Å². The molecule has 3 rings (SSSR count). The van der Waals surface area contributed by atoms with Crippen LogP contribution in [0.1, 0.15) is 35.0 Å².